The molecule has 0 atom stereocenters. The Hall–Kier alpha value is -0.830. The van der Waals surface area contributed by atoms with Crippen molar-refractivity contribution in [3.8, 4) is 0 Å². The predicted octanol–water partition coefficient (Wildman–Crippen LogP) is 2.88. The molecule has 4 aliphatic carbocycles. The summed E-state index contributed by atoms with van der Waals surface area (Å²) in [5.74, 6) is 2.97. The van der Waals surface area contributed by atoms with Gasteiger partial charge in [0.05, 0.1) is 11.7 Å². The summed E-state index contributed by atoms with van der Waals surface area (Å²) in [7, 11) is 2.03. The van der Waals surface area contributed by atoms with Crippen LogP contribution in [0.5, 0.6) is 0 Å². The SMILES string of the molecule is CNCCc1cnn(C23CC4CC(CC(C4)C2)C3)c1C. The molecule has 3 heteroatoms. The molecule has 3 nitrogen and oxygen atoms in total. The molecule has 0 saturated heterocycles. The Kier molecular flexibility index (Phi) is 2.95. The van der Waals surface area contributed by atoms with E-state index in [1.165, 1.54) is 49.8 Å². The highest BCUT2D eigenvalue weighted by Gasteiger charge is 2.52. The van der Waals surface area contributed by atoms with Crippen LogP contribution in [0.15, 0.2) is 6.20 Å². The first kappa shape index (κ1) is 12.9. The maximum atomic E-state index is 4.85. The van der Waals surface area contributed by atoms with Gasteiger partial charge in [-0.3, -0.25) is 4.68 Å². The van der Waals surface area contributed by atoms with E-state index < -0.39 is 0 Å². The van der Waals surface area contributed by atoms with Gasteiger partial charge in [0.2, 0.25) is 0 Å². The molecular formula is C17H27N3. The average Bonchev–Trinajstić information content (AvgIpc) is 2.77. The van der Waals surface area contributed by atoms with Crippen LogP contribution in [0.3, 0.4) is 0 Å². The molecular weight excluding hydrogens is 246 g/mol. The summed E-state index contributed by atoms with van der Waals surface area (Å²) in [6.07, 6.45) is 11.9. The van der Waals surface area contributed by atoms with Gasteiger partial charge in [0, 0.05) is 5.69 Å². The van der Waals surface area contributed by atoms with Crippen LogP contribution in [-0.4, -0.2) is 23.4 Å². The first-order valence-corrected chi connectivity index (χ1v) is 8.39. The lowest BCUT2D eigenvalue weighted by Crippen LogP contribution is -2.52. The molecule has 0 amide bonds. The molecule has 5 rings (SSSR count). The second-order valence-electron chi connectivity index (χ2n) is 7.66. The summed E-state index contributed by atoms with van der Waals surface area (Å²) in [5.41, 5.74) is 3.26. The maximum Gasteiger partial charge on any atom is 0.0638 e. The third-order valence-corrected chi connectivity index (χ3v) is 6.21. The zero-order valence-electron chi connectivity index (χ0n) is 12.9. The highest BCUT2D eigenvalue weighted by Crippen LogP contribution is 2.58. The molecule has 110 valence electrons. The Morgan fingerprint density at radius 3 is 2.35 bits per heavy atom. The molecule has 0 spiro atoms. The molecule has 0 radical (unpaired) electrons. The largest absolute Gasteiger partial charge is 0.319 e. The van der Waals surface area contributed by atoms with Gasteiger partial charge in [-0.2, -0.15) is 5.10 Å². The lowest BCUT2D eigenvalue weighted by atomic mass is 9.53. The first-order chi connectivity index (χ1) is 9.70. The smallest absolute Gasteiger partial charge is 0.0638 e. The molecule has 4 aliphatic rings. The predicted molar refractivity (Wildman–Crippen MR) is 80.7 cm³/mol. The number of rotatable bonds is 4. The molecule has 20 heavy (non-hydrogen) atoms. The van der Waals surface area contributed by atoms with E-state index in [-0.39, 0.29) is 0 Å². The second-order valence-corrected chi connectivity index (χ2v) is 7.66. The van der Waals surface area contributed by atoms with Crippen LogP contribution in [0.2, 0.25) is 0 Å². The van der Waals surface area contributed by atoms with Gasteiger partial charge >= 0.3 is 0 Å². The van der Waals surface area contributed by atoms with Crippen molar-refractivity contribution in [2.24, 2.45) is 17.8 Å². The zero-order valence-corrected chi connectivity index (χ0v) is 12.9. The molecule has 4 bridgehead atoms. The van der Waals surface area contributed by atoms with Gasteiger partial charge in [-0.05, 0) is 88.8 Å². The summed E-state index contributed by atoms with van der Waals surface area (Å²) < 4.78 is 2.45. The fourth-order valence-corrected chi connectivity index (χ4v) is 5.75. The molecule has 1 aromatic rings. The van der Waals surface area contributed by atoms with Gasteiger partial charge in [-0.25, -0.2) is 0 Å². The third-order valence-electron chi connectivity index (χ3n) is 6.21. The van der Waals surface area contributed by atoms with E-state index in [9.17, 15) is 0 Å². The van der Waals surface area contributed by atoms with E-state index in [0.29, 0.717) is 5.54 Å². The minimum atomic E-state index is 0.386. The number of nitrogens with zero attached hydrogens (tertiary/aromatic N) is 2. The molecule has 0 aliphatic heterocycles. The van der Waals surface area contributed by atoms with Crippen molar-refractivity contribution in [3.63, 3.8) is 0 Å². The average molecular weight is 273 g/mol. The maximum absolute atomic E-state index is 4.85. The first-order valence-electron chi connectivity index (χ1n) is 8.39. The van der Waals surface area contributed by atoms with Crippen molar-refractivity contribution in [2.75, 3.05) is 13.6 Å². The van der Waals surface area contributed by atoms with Crippen LogP contribution in [0.1, 0.15) is 49.8 Å². The van der Waals surface area contributed by atoms with E-state index in [1.807, 2.05) is 7.05 Å². The highest BCUT2D eigenvalue weighted by molar-refractivity contribution is 5.20. The van der Waals surface area contributed by atoms with Crippen LogP contribution in [0, 0.1) is 24.7 Å². The Bertz CT molecular complexity index is 467. The lowest BCUT2D eigenvalue weighted by molar-refractivity contribution is -0.0504. The van der Waals surface area contributed by atoms with Crippen molar-refractivity contribution < 1.29 is 0 Å². The summed E-state index contributed by atoms with van der Waals surface area (Å²) >= 11 is 0. The van der Waals surface area contributed by atoms with E-state index in [0.717, 1.165) is 30.7 Å². The lowest BCUT2D eigenvalue weighted by Gasteiger charge is -2.57. The van der Waals surface area contributed by atoms with Gasteiger partial charge in [-0.15, -0.1) is 0 Å². The van der Waals surface area contributed by atoms with Gasteiger partial charge in [-0.1, -0.05) is 0 Å². The van der Waals surface area contributed by atoms with E-state index in [1.54, 1.807) is 0 Å². The number of aromatic nitrogens is 2. The Balaban J connectivity index is 1.65. The number of hydrogen-bond donors (Lipinski definition) is 1. The summed E-state index contributed by atoms with van der Waals surface area (Å²) in [5, 5.41) is 8.10. The van der Waals surface area contributed by atoms with Crippen molar-refractivity contribution in [1.82, 2.24) is 15.1 Å². The molecule has 0 aromatic carbocycles. The number of likely N-dealkylation sites (N-methyl/N-ethyl adjacent to an activating group) is 1. The van der Waals surface area contributed by atoms with E-state index >= 15 is 0 Å². The second kappa shape index (κ2) is 4.59. The van der Waals surface area contributed by atoms with Gasteiger partial charge in [0.15, 0.2) is 0 Å². The molecule has 4 saturated carbocycles. The molecule has 1 N–H and O–H groups in total. The van der Waals surface area contributed by atoms with Crippen molar-refractivity contribution in [2.45, 2.75) is 57.4 Å². The molecule has 1 heterocycles. The van der Waals surface area contributed by atoms with Crippen LogP contribution in [0.4, 0.5) is 0 Å². The topological polar surface area (TPSA) is 29.9 Å². The summed E-state index contributed by atoms with van der Waals surface area (Å²) in [6, 6.07) is 0. The standard InChI is InChI=1S/C17H27N3/c1-12-16(3-4-18-2)11-19-20(12)17-8-13-5-14(9-17)7-15(6-13)10-17/h11,13-15,18H,3-10H2,1-2H3. The van der Waals surface area contributed by atoms with E-state index in [2.05, 4.69) is 23.1 Å². The van der Waals surface area contributed by atoms with Crippen LogP contribution in [0.25, 0.3) is 0 Å². The Morgan fingerprint density at radius 2 is 1.80 bits per heavy atom. The van der Waals surface area contributed by atoms with Crippen molar-refractivity contribution >= 4 is 0 Å². The van der Waals surface area contributed by atoms with E-state index in [4.69, 9.17) is 5.10 Å². The van der Waals surface area contributed by atoms with Crippen LogP contribution < -0.4 is 5.32 Å². The Morgan fingerprint density at radius 1 is 1.20 bits per heavy atom. The molecule has 0 unspecified atom stereocenters. The van der Waals surface area contributed by atoms with Crippen LogP contribution >= 0.6 is 0 Å². The zero-order chi connectivity index (χ0) is 13.7. The fourth-order valence-electron chi connectivity index (χ4n) is 5.75. The van der Waals surface area contributed by atoms with Crippen molar-refractivity contribution in [3.05, 3.63) is 17.5 Å². The van der Waals surface area contributed by atoms with Gasteiger partial charge in [0.25, 0.3) is 0 Å². The summed E-state index contributed by atoms with van der Waals surface area (Å²) in [6.45, 7) is 3.34. The molecule has 1 aromatic heterocycles. The summed E-state index contributed by atoms with van der Waals surface area (Å²) in [4.78, 5) is 0. The monoisotopic (exact) mass is 273 g/mol. The highest BCUT2D eigenvalue weighted by atomic mass is 15.3. The van der Waals surface area contributed by atoms with Crippen LogP contribution in [-0.2, 0) is 12.0 Å². The third kappa shape index (κ3) is 1.86. The quantitative estimate of drug-likeness (QED) is 0.914. The van der Waals surface area contributed by atoms with Gasteiger partial charge < -0.3 is 5.32 Å². The number of nitrogens with one attached hydrogen (secondary N) is 1. The number of hydrogen-bond acceptors (Lipinski definition) is 2. The minimum Gasteiger partial charge on any atom is -0.319 e. The van der Waals surface area contributed by atoms with Gasteiger partial charge in [0.1, 0.15) is 0 Å². The van der Waals surface area contributed by atoms with Crippen molar-refractivity contribution in [1.29, 1.82) is 0 Å². The normalized spacial score (nSPS) is 38.6. The molecule has 4 fully saturated rings. The fraction of sp³-hybridized carbons (Fsp3) is 0.824. The Labute approximate surface area is 122 Å². The minimum absolute atomic E-state index is 0.386.